The molecular weight excluding hydrogens is 196 g/mol. The lowest BCUT2D eigenvalue weighted by atomic mass is 10.2. The molecule has 0 aromatic carbocycles. The van der Waals surface area contributed by atoms with Crippen molar-refractivity contribution in [3.63, 3.8) is 0 Å². The first kappa shape index (κ1) is 9.13. The average Bonchev–Trinajstić information content (AvgIpc) is 2.81. The lowest BCUT2D eigenvalue weighted by Crippen LogP contribution is -2.18. The van der Waals surface area contributed by atoms with Crippen LogP contribution in [0.1, 0.15) is 5.56 Å². The molecule has 76 valence electrons. The normalized spacial score (nSPS) is 11.6. The fraction of sp³-hybridized carbons (Fsp3) is 0. The van der Waals surface area contributed by atoms with Crippen molar-refractivity contribution in [2.75, 3.05) is 0 Å². The molecule has 3 N–H and O–H groups in total. The Balaban J connectivity index is 2.57. The van der Waals surface area contributed by atoms with E-state index < -0.39 is 0 Å². The molecule has 0 aliphatic rings. The average molecular weight is 204 g/mol. The van der Waals surface area contributed by atoms with Gasteiger partial charge in [0.25, 0.3) is 0 Å². The van der Waals surface area contributed by atoms with Crippen LogP contribution < -0.4 is 5.73 Å². The van der Waals surface area contributed by atoms with E-state index in [1.807, 2.05) is 0 Å². The summed E-state index contributed by atoms with van der Waals surface area (Å²) < 4.78 is 1.49. The summed E-state index contributed by atoms with van der Waals surface area (Å²) in [4.78, 5) is 0. The summed E-state index contributed by atoms with van der Waals surface area (Å²) in [6.07, 6.45) is 4.75. The molecule has 2 aromatic rings. The van der Waals surface area contributed by atoms with Gasteiger partial charge < -0.3 is 10.9 Å². The first-order chi connectivity index (χ1) is 7.33. The molecule has 0 radical (unpaired) electrons. The van der Waals surface area contributed by atoms with E-state index in [4.69, 9.17) is 10.9 Å². The van der Waals surface area contributed by atoms with Gasteiger partial charge in [-0.2, -0.15) is 10.2 Å². The maximum Gasteiger partial charge on any atom is 0.186 e. The van der Waals surface area contributed by atoms with Crippen molar-refractivity contribution in [2.24, 2.45) is 10.9 Å². The summed E-state index contributed by atoms with van der Waals surface area (Å²) >= 11 is 0. The summed E-state index contributed by atoms with van der Waals surface area (Å²) in [6.45, 7) is 0. The molecule has 2 rings (SSSR count). The Morgan fingerprint density at radius 2 is 2.33 bits per heavy atom. The Morgan fingerprint density at radius 3 is 3.00 bits per heavy atom. The number of hydrogen-bond donors (Lipinski definition) is 2. The van der Waals surface area contributed by atoms with E-state index in [1.165, 1.54) is 10.9 Å². The van der Waals surface area contributed by atoms with Crippen molar-refractivity contribution in [2.45, 2.75) is 0 Å². The molecule has 0 saturated carbocycles. The van der Waals surface area contributed by atoms with Crippen molar-refractivity contribution in [3.8, 4) is 5.82 Å². The standard InChI is InChI=1S/C8H8N6O/c9-7(13-15)6-2-4-10-12-8(6)14-5-1-3-11-14/h1-5,15H,(H2,9,13). The number of hydrogen-bond acceptors (Lipinski definition) is 5. The van der Waals surface area contributed by atoms with Crippen molar-refractivity contribution >= 4 is 5.84 Å². The predicted octanol–water partition coefficient (Wildman–Crippen LogP) is -0.243. The van der Waals surface area contributed by atoms with Crippen LogP contribution in [0.25, 0.3) is 5.82 Å². The van der Waals surface area contributed by atoms with E-state index in [1.54, 1.807) is 24.5 Å². The lowest BCUT2D eigenvalue weighted by Gasteiger charge is -2.04. The molecule has 0 saturated heterocycles. The van der Waals surface area contributed by atoms with Crippen LogP contribution in [0.4, 0.5) is 0 Å². The van der Waals surface area contributed by atoms with Crippen LogP contribution in [0, 0.1) is 0 Å². The summed E-state index contributed by atoms with van der Waals surface area (Å²) in [5, 5.41) is 23.1. The minimum atomic E-state index is -0.0320. The molecule has 0 bridgehead atoms. The van der Waals surface area contributed by atoms with Gasteiger partial charge in [-0.3, -0.25) is 0 Å². The predicted molar refractivity (Wildman–Crippen MR) is 51.7 cm³/mol. The maximum absolute atomic E-state index is 8.60. The molecule has 7 heteroatoms. The SMILES string of the molecule is N/C(=N/O)c1ccnnc1-n1cccn1. The Morgan fingerprint density at radius 1 is 1.47 bits per heavy atom. The van der Waals surface area contributed by atoms with Crippen LogP contribution in [0.15, 0.2) is 35.9 Å². The van der Waals surface area contributed by atoms with E-state index in [-0.39, 0.29) is 5.84 Å². The fourth-order valence-electron chi connectivity index (χ4n) is 1.14. The molecule has 2 heterocycles. The molecule has 0 unspecified atom stereocenters. The van der Waals surface area contributed by atoms with E-state index in [0.29, 0.717) is 11.4 Å². The van der Waals surface area contributed by atoms with Crippen molar-refractivity contribution in [1.82, 2.24) is 20.0 Å². The second-order valence-electron chi connectivity index (χ2n) is 2.70. The first-order valence-corrected chi connectivity index (χ1v) is 4.12. The number of nitrogens with zero attached hydrogens (tertiary/aromatic N) is 5. The minimum Gasteiger partial charge on any atom is -0.409 e. The van der Waals surface area contributed by atoms with Crippen LogP contribution in [0.5, 0.6) is 0 Å². The van der Waals surface area contributed by atoms with Gasteiger partial charge in [-0.1, -0.05) is 5.16 Å². The molecule has 2 aromatic heterocycles. The molecule has 0 aliphatic carbocycles. The third-order valence-corrected chi connectivity index (χ3v) is 1.81. The molecule has 0 aliphatic heterocycles. The summed E-state index contributed by atoms with van der Waals surface area (Å²) in [5.74, 6) is 0.383. The number of oxime groups is 1. The van der Waals surface area contributed by atoms with Gasteiger partial charge in [0, 0.05) is 12.4 Å². The molecule has 0 amide bonds. The van der Waals surface area contributed by atoms with Gasteiger partial charge in [-0.05, 0) is 12.1 Å². The highest BCUT2D eigenvalue weighted by Gasteiger charge is 2.10. The third kappa shape index (κ3) is 1.62. The third-order valence-electron chi connectivity index (χ3n) is 1.81. The summed E-state index contributed by atoms with van der Waals surface area (Å²) in [7, 11) is 0. The summed E-state index contributed by atoms with van der Waals surface area (Å²) in [6, 6.07) is 3.34. The summed E-state index contributed by atoms with van der Waals surface area (Å²) in [5.41, 5.74) is 5.96. The van der Waals surface area contributed by atoms with Crippen LogP contribution in [0.3, 0.4) is 0 Å². The van der Waals surface area contributed by atoms with E-state index in [9.17, 15) is 0 Å². The van der Waals surface area contributed by atoms with Gasteiger partial charge in [-0.15, -0.1) is 5.10 Å². The molecule has 15 heavy (non-hydrogen) atoms. The lowest BCUT2D eigenvalue weighted by molar-refractivity contribution is 0.318. The first-order valence-electron chi connectivity index (χ1n) is 4.12. The largest absolute Gasteiger partial charge is 0.409 e. The maximum atomic E-state index is 8.60. The Kier molecular flexibility index (Phi) is 2.28. The van der Waals surface area contributed by atoms with Crippen LogP contribution in [-0.2, 0) is 0 Å². The molecular formula is C8H8N6O. The van der Waals surface area contributed by atoms with Crippen LogP contribution in [-0.4, -0.2) is 31.0 Å². The monoisotopic (exact) mass is 204 g/mol. The van der Waals surface area contributed by atoms with Gasteiger partial charge >= 0.3 is 0 Å². The molecule has 0 atom stereocenters. The van der Waals surface area contributed by atoms with Crippen molar-refractivity contribution in [3.05, 3.63) is 36.3 Å². The van der Waals surface area contributed by atoms with Gasteiger partial charge in [0.15, 0.2) is 11.7 Å². The van der Waals surface area contributed by atoms with Gasteiger partial charge in [-0.25, -0.2) is 4.68 Å². The van der Waals surface area contributed by atoms with Crippen molar-refractivity contribution in [1.29, 1.82) is 0 Å². The molecule has 7 nitrogen and oxygen atoms in total. The Hall–Kier alpha value is -2.44. The zero-order valence-corrected chi connectivity index (χ0v) is 7.65. The molecule has 0 spiro atoms. The van der Waals surface area contributed by atoms with E-state index in [2.05, 4.69) is 20.5 Å². The van der Waals surface area contributed by atoms with E-state index >= 15 is 0 Å². The second-order valence-corrected chi connectivity index (χ2v) is 2.70. The number of amidine groups is 1. The smallest absolute Gasteiger partial charge is 0.186 e. The topological polar surface area (TPSA) is 102 Å². The number of rotatable bonds is 2. The highest BCUT2D eigenvalue weighted by atomic mass is 16.4. The Labute approximate surface area is 84.9 Å². The van der Waals surface area contributed by atoms with Gasteiger partial charge in [0.1, 0.15) is 0 Å². The zero-order chi connectivity index (χ0) is 10.7. The van der Waals surface area contributed by atoms with Gasteiger partial charge in [0.2, 0.25) is 0 Å². The number of nitrogens with two attached hydrogens (primary N) is 1. The highest BCUT2D eigenvalue weighted by molar-refractivity contribution is 5.99. The van der Waals surface area contributed by atoms with Crippen molar-refractivity contribution < 1.29 is 5.21 Å². The van der Waals surface area contributed by atoms with Gasteiger partial charge in [0.05, 0.1) is 11.8 Å². The Bertz CT molecular complexity index is 478. The second kappa shape index (κ2) is 3.74. The zero-order valence-electron chi connectivity index (χ0n) is 7.65. The van der Waals surface area contributed by atoms with Crippen LogP contribution >= 0.6 is 0 Å². The quantitative estimate of drug-likeness (QED) is 0.304. The minimum absolute atomic E-state index is 0.0320. The highest BCUT2D eigenvalue weighted by Crippen LogP contribution is 2.08. The number of aromatic nitrogens is 4. The fourth-order valence-corrected chi connectivity index (χ4v) is 1.14. The van der Waals surface area contributed by atoms with E-state index in [0.717, 1.165) is 0 Å². The van der Waals surface area contributed by atoms with Crippen LogP contribution in [0.2, 0.25) is 0 Å². The molecule has 0 fully saturated rings.